The van der Waals surface area contributed by atoms with E-state index in [1.54, 1.807) is 13.8 Å². The third kappa shape index (κ3) is 6.88. The summed E-state index contributed by atoms with van der Waals surface area (Å²) in [5, 5.41) is 1.09. The molecule has 0 aliphatic heterocycles. The van der Waals surface area contributed by atoms with Gasteiger partial charge in [-0.25, -0.2) is 20.0 Å². The van der Waals surface area contributed by atoms with Crippen LogP contribution in [-0.2, 0) is 9.47 Å². The monoisotopic (exact) mass is 284 g/mol. The summed E-state index contributed by atoms with van der Waals surface area (Å²) in [6, 6.07) is -0.440. The highest BCUT2D eigenvalue weighted by Gasteiger charge is 2.24. The predicted octanol–water partition coefficient (Wildman–Crippen LogP) is 2.69. The van der Waals surface area contributed by atoms with E-state index in [0.29, 0.717) is 6.42 Å². The number of ether oxygens (including phenoxy) is 2. The standard InChI is InChI=1S/C14H24N2O4/c1-5-9-10-11-12(6-2)16(14(18)20-8-4)15-13(17)19-7-3/h12H,5-9H2,1-4H3,(H,15,17). The van der Waals surface area contributed by atoms with Gasteiger partial charge in [-0.3, -0.25) is 0 Å². The van der Waals surface area contributed by atoms with Crippen LogP contribution in [0.15, 0.2) is 0 Å². The van der Waals surface area contributed by atoms with E-state index in [9.17, 15) is 9.59 Å². The van der Waals surface area contributed by atoms with Crippen molar-refractivity contribution in [3.63, 3.8) is 0 Å². The van der Waals surface area contributed by atoms with Crippen molar-refractivity contribution in [2.45, 2.75) is 53.0 Å². The normalized spacial score (nSPS) is 10.8. The smallest absolute Gasteiger partial charge is 0.429 e. The van der Waals surface area contributed by atoms with Gasteiger partial charge in [0.2, 0.25) is 0 Å². The molecule has 20 heavy (non-hydrogen) atoms. The molecule has 1 atom stereocenters. The fraction of sp³-hybridized carbons (Fsp3) is 0.714. The van der Waals surface area contributed by atoms with Crippen LogP contribution < -0.4 is 5.43 Å². The molecular formula is C14H24N2O4. The van der Waals surface area contributed by atoms with E-state index in [-0.39, 0.29) is 13.2 Å². The summed E-state index contributed by atoms with van der Waals surface area (Å²) >= 11 is 0. The first-order chi connectivity index (χ1) is 9.60. The Morgan fingerprint density at radius 1 is 1.15 bits per heavy atom. The second-order valence-corrected chi connectivity index (χ2v) is 3.90. The summed E-state index contributed by atoms with van der Waals surface area (Å²) in [7, 11) is 0. The molecule has 0 saturated carbocycles. The lowest BCUT2D eigenvalue weighted by Crippen LogP contribution is -2.51. The summed E-state index contributed by atoms with van der Waals surface area (Å²) in [6.45, 7) is 7.73. The van der Waals surface area contributed by atoms with Crippen LogP contribution >= 0.6 is 0 Å². The number of hydrazine groups is 1. The number of hydrogen-bond acceptors (Lipinski definition) is 4. The van der Waals surface area contributed by atoms with Crippen molar-refractivity contribution in [1.29, 1.82) is 0 Å². The van der Waals surface area contributed by atoms with Crippen molar-refractivity contribution < 1.29 is 19.1 Å². The minimum absolute atomic E-state index is 0.221. The topological polar surface area (TPSA) is 67.9 Å². The molecule has 2 amide bonds. The predicted molar refractivity (Wildman–Crippen MR) is 75.8 cm³/mol. The van der Waals surface area contributed by atoms with Crippen LogP contribution in [0.2, 0.25) is 0 Å². The quantitative estimate of drug-likeness (QED) is 0.622. The van der Waals surface area contributed by atoms with Crippen molar-refractivity contribution in [2.24, 2.45) is 0 Å². The number of carbonyl (C=O) groups is 2. The second-order valence-electron chi connectivity index (χ2n) is 3.90. The number of nitrogens with one attached hydrogen (secondary N) is 1. The lowest BCUT2D eigenvalue weighted by atomic mass is 10.2. The molecule has 0 radical (unpaired) electrons. The maximum Gasteiger partial charge on any atom is 0.429 e. The molecule has 0 spiro atoms. The molecule has 0 aromatic rings. The number of nitrogens with zero attached hydrogens (tertiary/aromatic N) is 1. The van der Waals surface area contributed by atoms with E-state index in [2.05, 4.69) is 17.3 Å². The minimum Gasteiger partial charge on any atom is -0.449 e. The van der Waals surface area contributed by atoms with E-state index in [1.165, 1.54) is 0 Å². The number of unbranched alkanes of at least 4 members (excludes halogenated alkanes) is 1. The van der Waals surface area contributed by atoms with E-state index in [1.807, 2.05) is 13.8 Å². The molecule has 0 heterocycles. The van der Waals surface area contributed by atoms with Crippen LogP contribution in [0, 0.1) is 11.8 Å². The number of rotatable bonds is 5. The Morgan fingerprint density at radius 2 is 1.80 bits per heavy atom. The Morgan fingerprint density at radius 3 is 2.30 bits per heavy atom. The van der Waals surface area contributed by atoms with Gasteiger partial charge in [-0.15, -0.1) is 5.92 Å². The molecule has 0 aliphatic carbocycles. The lowest BCUT2D eigenvalue weighted by molar-refractivity contribution is 0.0643. The number of carbonyl (C=O) groups excluding carboxylic acids is 2. The van der Waals surface area contributed by atoms with Crippen molar-refractivity contribution in [1.82, 2.24) is 10.4 Å². The molecule has 0 aromatic carbocycles. The fourth-order valence-corrected chi connectivity index (χ4v) is 1.37. The van der Waals surface area contributed by atoms with Gasteiger partial charge in [0.1, 0.15) is 6.04 Å². The Balaban J connectivity index is 4.92. The SMILES string of the molecule is CCCC#CC(CC)N(NC(=O)OCC)C(=O)OCC. The van der Waals surface area contributed by atoms with E-state index >= 15 is 0 Å². The van der Waals surface area contributed by atoms with Gasteiger partial charge >= 0.3 is 12.2 Å². The molecule has 6 heteroatoms. The summed E-state index contributed by atoms with van der Waals surface area (Å²) < 4.78 is 9.69. The van der Waals surface area contributed by atoms with E-state index < -0.39 is 18.2 Å². The maximum atomic E-state index is 11.9. The minimum atomic E-state index is -0.698. The molecule has 1 unspecified atom stereocenters. The van der Waals surface area contributed by atoms with Crippen molar-refractivity contribution >= 4 is 12.2 Å². The van der Waals surface area contributed by atoms with Crippen LogP contribution in [0.5, 0.6) is 0 Å². The van der Waals surface area contributed by atoms with Crippen molar-refractivity contribution in [3.8, 4) is 11.8 Å². The molecule has 0 saturated heterocycles. The van der Waals surface area contributed by atoms with Gasteiger partial charge in [0.05, 0.1) is 13.2 Å². The van der Waals surface area contributed by atoms with Crippen LogP contribution in [0.4, 0.5) is 9.59 Å². The first-order valence-electron chi connectivity index (χ1n) is 6.98. The van der Waals surface area contributed by atoms with Crippen molar-refractivity contribution in [3.05, 3.63) is 0 Å². The lowest BCUT2D eigenvalue weighted by Gasteiger charge is -2.26. The molecule has 6 nitrogen and oxygen atoms in total. The molecule has 1 N–H and O–H groups in total. The Labute approximate surface area is 120 Å². The Hall–Kier alpha value is -1.90. The van der Waals surface area contributed by atoms with E-state index in [4.69, 9.17) is 9.47 Å². The van der Waals surface area contributed by atoms with Crippen LogP contribution in [0.25, 0.3) is 0 Å². The molecule has 0 rings (SSSR count). The van der Waals surface area contributed by atoms with Crippen LogP contribution in [0.3, 0.4) is 0 Å². The third-order valence-corrected chi connectivity index (χ3v) is 2.29. The van der Waals surface area contributed by atoms with Gasteiger partial charge in [-0.05, 0) is 26.7 Å². The first-order valence-corrected chi connectivity index (χ1v) is 6.98. The molecule has 0 aromatic heterocycles. The number of amides is 2. The Kier molecular flexibility index (Phi) is 9.93. The average molecular weight is 284 g/mol. The van der Waals surface area contributed by atoms with Gasteiger partial charge < -0.3 is 9.47 Å². The highest BCUT2D eigenvalue weighted by Crippen LogP contribution is 2.04. The molecule has 0 aliphatic rings. The molecule has 0 fully saturated rings. The zero-order chi connectivity index (χ0) is 15.4. The highest BCUT2D eigenvalue weighted by atomic mass is 16.6. The Bertz CT molecular complexity index is 360. The van der Waals surface area contributed by atoms with Gasteiger partial charge in [0, 0.05) is 6.42 Å². The van der Waals surface area contributed by atoms with Gasteiger partial charge in [0.15, 0.2) is 0 Å². The van der Waals surface area contributed by atoms with Crippen LogP contribution in [-0.4, -0.2) is 36.5 Å². The molecular weight excluding hydrogens is 260 g/mol. The summed E-state index contributed by atoms with van der Waals surface area (Å²) in [5.74, 6) is 5.94. The average Bonchev–Trinajstić information content (AvgIpc) is 2.42. The summed E-state index contributed by atoms with van der Waals surface area (Å²) in [4.78, 5) is 23.4. The second kappa shape index (κ2) is 11.0. The van der Waals surface area contributed by atoms with Crippen LogP contribution in [0.1, 0.15) is 47.0 Å². The summed E-state index contributed by atoms with van der Waals surface area (Å²) in [5.41, 5.74) is 2.38. The van der Waals surface area contributed by atoms with Gasteiger partial charge in [-0.2, -0.15) is 0 Å². The maximum absolute atomic E-state index is 11.9. The summed E-state index contributed by atoms with van der Waals surface area (Å²) in [6.07, 6.45) is 0.914. The van der Waals surface area contributed by atoms with Crippen molar-refractivity contribution in [2.75, 3.05) is 13.2 Å². The fourth-order valence-electron chi connectivity index (χ4n) is 1.37. The third-order valence-electron chi connectivity index (χ3n) is 2.29. The molecule has 114 valence electrons. The molecule has 0 bridgehead atoms. The largest absolute Gasteiger partial charge is 0.449 e. The van der Waals surface area contributed by atoms with E-state index in [0.717, 1.165) is 17.9 Å². The van der Waals surface area contributed by atoms with Gasteiger partial charge in [0.25, 0.3) is 0 Å². The highest BCUT2D eigenvalue weighted by molar-refractivity contribution is 5.74. The number of hydrogen-bond donors (Lipinski definition) is 1. The first kappa shape index (κ1) is 18.1. The zero-order valence-electron chi connectivity index (χ0n) is 12.7. The zero-order valence-corrected chi connectivity index (χ0v) is 12.7. The van der Waals surface area contributed by atoms with Gasteiger partial charge in [-0.1, -0.05) is 19.8 Å².